The Morgan fingerprint density at radius 1 is 1.52 bits per heavy atom. The van der Waals surface area contributed by atoms with Crippen molar-refractivity contribution in [1.29, 1.82) is 5.26 Å². The van der Waals surface area contributed by atoms with Crippen molar-refractivity contribution in [1.82, 2.24) is 10.1 Å². The summed E-state index contributed by atoms with van der Waals surface area (Å²) in [6.45, 7) is 1.93. The average molecular weight is 288 g/mol. The number of nitro benzene ring substituents is 1. The van der Waals surface area contributed by atoms with Crippen LogP contribution in [-0.2, 0) is 13.0 Å². The van der Waals surface area contributed by atoms with E-state index in [4.69, 9.17) is 14.5 Å². The van der Waals surface area contributed by atoms with Crippen LogP contribution < -0.4 is 4.74 Å². The number of nitro groups is 1. The van der Waals surface area contributed by atoms with Crippen molar-refractivity contribution >= 4 is 5.69 Å². The summed E-state index contributed by atoms with van der Waals surface area (Å²) in [4.78, 5) is 14.4. The van der Waals surface area contributed by atoms with Gasteiger partial charge in [0.25, 0.3) is 5.89 Å². The quantitative estimate of drug-likeness (QED) is 0.591. The molecule has 0 aliphatic heterocycles. The number of hydrogen-bond donors (Lipinski definition) is 0. The zero-order valence-corrected chi connectivity index (χ0v) is 11.3. The first kappa shape index (κ1) is 14.5. The van der Waals surface area contributed by atoms with Crippen LogP contribution in [0.2, 0.25) is 0 Å². The summed E-state index contributed by atoms with van der Waals surface area (Å²) in [7, 11) is 0. The summed E-state index contributed by atoms with van der Waals surface area (Å²) < 4.78 is 10.3. The van der Waals surface area contributed by atoms with Crippen molar-refractivity contribution in [3.05, 3.63) is 45.6 Å². The van der Waals surface area contributed by atoms with Gasteiger partial charge in [-0.2, -0.15) is 10.2 Å². The van der Waals surface area contributed by atoms with Crippen molar-refractivity contribution in [2.24, 2.45) is 0 Å². The van der Waals surface area contributed by atoms with Gasteiger partial charge in [0, 0.05) is 12.5 Å². The highest BCUT2D eigenvalue weighted by molar-refractivity contribution is 5.51. The molecule has 0 atom stereocenters. The number of nitriles is 1. The smallest absolute Gasteiger partial charge is 0.312 e. The van der Waals surface area contributed by atoms with Crippen molar-refractivity contribution in [2.45, 2.75) is 26.4 Å². The summed E-state index contributed by atoms with van der Waals surface area (Å²) in [5, 5.41) is 23.5. The predicted octanol–water partition coefficient (Wildman–Crippen LogP) is 2.38. The molecule has 108 valence electrons. The molecular formula is C13H12N4O4. The van der Waals surface area contributed by atoms with Gasteiger partial charge in [0.15, 0.2) is 18.2 Å². The number of rotatable bonds is 6. The molecule has 1 aromatic heterocycles. The Labute approximate surface area is 120 Å². The highest BCUT2D eigenvalue weighted by Gasteiger charge is 2.17. The van der Waals surface area contributed by atoms with Crippen LogP contribution >= 0.6 is 0 Å². The Kier molecular flexibility index (Phi) is 4.46. The molecule has 8 heteroatoms. The molecule has 2 aromatic rings. The van der Waals surface area contributed by atoms with Gasteiger partial charge in [0.05, 0.1) is 16.6 Å². The Hall–Kier alpha value is -2.95. The standard InChI is InChI=1S/C13H12N4O4/c1-2-3-12-15-13(21-16-12)8-20-11-5-4-9(7-14)6-10(11)17(18)19/h4-6H,2-3,8H2,1H3. The number of hydrogen-bond acceptors (Lipinski definition) is 7. The molecule has 0 saturated heterocycles. The lowest BCUT2D eigenvalue weighted by Crippen LogP contribution is -2.00. The number of aryl methyl sites for hydroxylation is 1. The van der Waals surface area contributed by atoms with E-state index in [9.17, 15) is 10.1 Å². The Morgan fingerprint density at radius 3 is 3.00 bits per heavy atom. The highest BCUT2D eigenvalue weighted by Crippen LogP contribution is 2.28. The van der Waals surface area contributed by atoms with Gasteiger partial charge in [-0.25, -0.2) is 0 Å². The molecule has 0 unspecified atom stereocenters. The molecule has 0 amide bonds. The summed E-state index contributed by atoms with van der Waals surface area (Å²) >= 11 is 0. The molecule has 0 fully saturated rings. The number of nitrogens with zero attached hydrogens (tertiary/aromatic N) is 4. The number of ether oxygens (including phenoxy) is 1. The van der Waals surface area contributed by atoms with Crippen molar-refractivity contribution in [3.8, 4) is 11.8 Å². The second-order valence-electron chi connectivity index (χ2n) is 4.19. The molecule has 0 N–H and O–H groups in total. The van der Waals surface area contributed by atoms with Gasteiger partial charge < -0.3 is 9.26 Å². The molecule has 8 nitrogen and oxygen atoms in total. The van der Waals surface area contributed by atoms with Gasteiger partial charge in [-0.05, 0) is 18.6 Å². The Balaban J connectivity index is 2.12. The zero-order chi connectivity index (χ0) is 15.2. The minimum absolute atomic E-state index is 0.0502. The van der Waals surface area contributed by atoms with E-state index in [0.29, 0.717) is 12.2 Å². The van der Waals surface area contributed by atoms with E-state index in [1.165, 1.54) is 12.1 Å². The highest BCUT2D eigenvalue weighted by atomic mass is 16.6. The van der Waals surface area contributed by atoms with E-state index in [-0.39, 0.29) is 29.5 Å². The molecule has 0 saturated carbocycles. The van der Waals surface area contributed by atoms with Gasteiger partial charge in [-0.3, -0.25) is 10.1 Å². The van der Waals surface area contributed by atoms with Crippen LogP contribution in [0.4, 0.5) is 5.69 Å². The molecule has 0 aliphatic rings. The normalized spacial score (nSPS) is 10.1. The first-order valence-corrected chi connectivity index (χ1v) is 6.26. The third-order valence-electron chi connectivity index (χ3n) is 2.62. The summed E-state index contributed by atoms with van der Waals surface area (Å²) in [6, 6.07) is 5.82. The Bertz CT molecular complexity index is 690. The second kappa shape index (κ2) is 6.47. The molecule has 0 spiro atoms. The largest absolute Gasteiger partial charge is 0.477 e. The molecule has 1 heterocycles. The molecule has 2 rings (SSSR count). The maximum Gasteiger partial charge on any atom is 0.312 e. The lowest BCUT2D eigenvalue weighted by Gasteiger charge is -2.04. The van der Waals surface area contributed by atoms with Crippen LogP contribution in [0.25, 0.3) is 0 Å². The summed E-state index contributed by atoms with van der Waals surface area (Å²) in [6.07, 6.45) is 1.58. The van der Waals surface area contributed by atoms with E-state index < -0.39 is 4.92 Å². The zero-order valence-electron chi connectivity index (χ0n) is 11.3. The van der Waals surface area contributed by atoms with Crippen molar-refractivity contribution in [3.63, 3.8) is 0 Å². The third kappa shape index (κ3) is 3.54. The first-order chi connectivity index (χ1) is 10.1. The van der Waals surface area contributed by atoms with Crippen LogP contribution in [-0.4, -0.2) is 15.1 Å². The van der Waals surface area contributed by atoms with Gasteiger partial charge in [-0.1, -0.05) is 12.1 Å². The van der Waals surface area contributed by atoms with E-state index in [0.717, 1.165) is 12.5 Å². The third-order valence-corrected chi connectivity index (χ3v) is 2.62. The fourth-order valence-corrected chi connectivity index (χ4v) is 1.67. The van der Waals surface area contributed by atoms with Crippen LogP contribution in [0.15, 0.2) is 22.7 Å². The number of benzene rings is 1. The van der Waals surface area contributed by atoms with E-state index >= 15 is 0 Å². The SMILES string of the molecule is CCCc1noc(COc2ccc(C#N)cc2[N+](=O)[O-])n1. The minimum Gasteiger partial charge on any atom is -0.477 e. The lowest BCUT2D eigenvalue weighted by molar-refractivity contribution is -0.386. The van der Waals surface area contributed by atoms with Crippen LogP contribution in [0.1, 0.15) is 30.6 Å². The van der Waals surface area contributed by atoms with Crippen molar-refractivity contribution < 1.29 is 14.2 Å². The number of aromatic nitrogens is 2. The van der Waals surface area contributed by atoms with Gasteiger partial charge in [0.1, 0.15) is 0 Å². The second-order valence-corrected chi connectivity index (χ2v) is 4.19. The van der Waals surface area contributed by atoms with E-state index in [1.54, 1.807) is 0 Å². The van der Waals surface area contributed by atoms with Crippen LogP contribution in [0.3, 0.4) is 0 Å². The fraction of sp³-hybridized carbons (Fsp3) is 0.308. The molecule has 1 aromatic carbocycles. The van der Waals surface area contributed by atoms with Crippen LogP contribution in [0, 0.1) is 21.4 Å². The average Bonchev–Trinajstić information content (AvgIpc) is 2.93. The lowest BCUT2D eigenvalue weighted by atomic mass is 10.2. The maximum absolute atomic E-state index is 11.0. The van der Waals surface area contributed by atoms with Gasteiger partial charge >= 0.3 is 5.69 Å². The van der Waals surface area contributed by atoms with Crippen LogP contribution in [0.5, 0.6) is 5.75 Å². The van der Waals surface area contributed by atoms with E-state index in [2.05, 4.69) is 10.1 Å². The molecular weight excluding hydrogens is 276 g/mol. The van der Waals surface area contributed by atoms with Crippen molar-refractivity contribution in [2.75, 3.05) is 0 Å². The maximum atomic E-state index is 11.0. The predicted molar refractivity (Wildman–Crippen MR) is 70.4 cm³/mol. The molecule has 0 aliphatic carbocycles. The summed E-state index contributed by atoms with van der Waals surface area (Å²) in [5.41, 5.74) is -0.0839. The first-order valence-electron chi connectivity index (χ1n) is 6.26. The topological polar surface area (TPSA) is 115 Å². The van der Waals surface area contributed by atoms with Gasteiger partial charge in [0.2, 0.25) is 0 Å². The van der Waals surface area contributed by atoms with Gasteiger partial charge in [-0.15, -0.1) is 0 Å². The van der Waals surface area contributed by atoms with E-state index in [1.807, 2.05) is 13.0 Å². The summed E-state index contributed by atoms with van der Waals surface area (Å²) in [5.74, 6) is 0.872. The minimum atomic E-state index is -0.605. The monoisotopic (exact) mass is 288 g/mol. The Morgan fingerprint density at radius 2 is 2.33 bits per heavy atom. The fourth-order valence-electron chi connectivity index (χ4n) is 1.67. The molecule has 0 radical (unpaired) electrons. The molecule has 0 bridgehead atoms. The molecule has 21 heavy (non-hydrogen) atoms.